The van der Waals surface area contributed by atoms with Crippen molar-refractivity contribution in [1.82, 2.24) is 4.90 Å². The quantitative estimate of drug-likeness (QED) is 0.251. The number of thioether (sulfide) groups is 1. The summed E-state index contributed by atoms with van der Waals surface area (Å²) in [6.45, 7) is 0.373. The summed E-state index contributed by atoms with van der Waals surface area (Å²) in [6.07, 6.45) is 1.63. The van der Waals surface area contributed by atoms with Crippen LogP contribution in [-0.2, 0) is 11.4 Å². The van der Waals surface area contributed by atoms with Gasteiger partial charge in [0.15, 0.2) is 0 Å². The summed E-state index contributed by atoms with van der Waals surface area (Å²) < 4.78 is 25.7. The minimum absolute atomic E-state index is 0.0731. The van der Waals surface area contributed by atoms with E-state index in [1.807, 2.05) is 12.1 Å². The molecule has 0 unspecified atom stereocenters. The van der Waals surface area contributed by atoms with Gasteiger partial charge in [-0.2, -0.15) is 5.26 Å². The highest BCUT2D eigenvalue weighted by Gasteiger charge is 2.34. The number of nitrogens with zero attached hydrogens (tertiary/aromatic N) is 2. The number of imide groups is 1. The number of ether oxygens (including phenoxy) is 2. The van der Waals surface area contributed by atoms with Gasteiger partial charge in [0.2, 0.25) is 0 Å². The van der Waals surface area contributed by atoms with E-state index in [2.05, 4.69) is 37.9 Å². The van der Waals surface area contributed by atoms with Crippen LogP contribution in [0.15, 0.2) is 74.5 Å². The summed E-state index contributed by atoms with van der Waals surface area (Å²) in [6, 6.07) is 18.4. The Kier molecular flexibility index (Phi) is 8.46. The van der Waals surface area contributed by atoms with Gasteiger partial charge >= 0.3 is 0 Å². The standard InChI is InChI=1S/C26H17Br2FN2O4S/c27-21-11-16(12-22(28)24(21)35-15-18-4-2-1-3-17(18)14-30)13-23-25(32)31(26(33)36-23)9-10-34-20-7-5-19(29)6-8-20/h1-8,11-13H,9-10,15H2/b23-13-. The molecule has 4 rings (SSSR count). The van der Waals surface area contributed by atoms with E-state index in [0.29, 0.717) is 31.6 Å². The number of hydrogen-bond donors (Lipinski definition) is 0. The first-order valence-corrected chi connectivity index (χ1v) is 13.0. The van der Waals surface area contributed by atoms with Gasteiger partial charge in [-0.15, -0.1) is 0 Å². The van der Waals surface area contributed by atoms with Gasteiger partial charge in [-0.3, -0.25) is 14.5 Å². The Balaban J connectivity index is 1.42. The van der Waals surface area contributed by atoms with Crippen LogP contribution in [0.5, 0.6) is 11.5 Å². The smallest absolute Gasteiger partial charge is 0.293 e. The summed E-state index contributed by atoms with van der Waals surface area (Å²) in [5, 5.41) is 8.87. The van der Waals surface area contributed by atoms with Gasteiger partial charge < -0.3 is 9.47 Å². The third-order valence-corrected chi connectivity index (χ3v) is 7.18. The first kappa shape index (κ1) is 25.9. The predicted molar refractivity (Wildman–Crippen MR) is 142 cm³/mol. The summed E-state index contributed by atoms with van der Waals surface area (Å²) in [5.41, 5.74) is 1.99. The molecule has 182 valence electrons. The molecule has 3 aromatic carbocycles. The normalized spacial score (nSPS) is 14.3. The van der Waals surface area contributed by atoms with E-state index in [4.69, 9.17) is 9.47 Å². The molecule has 0 spiro atoms. The van der Waals surface area contributed by atoms with Crippen LogP contribution in [0.2, 0.25) is 0 Å². The van der Waals surface area contributed by atoms with Gasteiger partial charge in [0.25, 0.3) is 11.1 Å². The van der Waals surface area contributed by atoms with Crippen LogP contribution in [0.1, 0.15) is 16.7 Å². The molecule has 6 nitrogen and oxygen atoms in total. The van der Waals surface area contributed by atoms with Crippen molar-refractivity contribution < 1.29 is 23.5 Å². The highest BCUT2D eigenvalue weighted by atomic mass is 79.9. The van der Waals surface area contributed by atoms with E-state index in [-0.39, 0.29) is 35.7 Å². The third-order valence-electron chi connectivity index (χ3n) is 5.10. The van der Waals surface area contributed by atoms with E-state index < -0.39 is 5.91 Å². The molecule has 1 fully saturated rings. The number of rotatable bonds is 8. The Hall–Kier alpha value is -3.13. The third kappa shape index (κ3) is 6.16. The zero-order valence-corrected chi connectivity index (χ0v) is 22.5. The summed E-state index contributed by atoms with van der Waals surface area (Å²) in [5.74, 6) is 0.215. The predicted octanol–water partition coefficient (Wildman–Crippen LogP) is 6.92. The number of nitriles is 1. The summed E-state index contributed by atoms with van der Waals surface area (Å²) in [4.78, 5) is 26.6. The molecule has 0 aliphatic carbocycles. The fraction of sp³-hybridized carbons (Fsp3) is 0.115. The van der Waals surface area contributed by atoms with Crippen molar-refractivity contribution in [3.63, 3.8) is 0 Å². The number of carbonyl (C=O) groups excluding carboxylic acids is 2. The lowest BCUT2D eigenvalue weighted by atomic mass is 10.1. The van der Waals surface area contributed by atoms with Crippen LogP contribution in [0.4, 0.5) is 9.18 Å². The molecule has 1 aliphatic heterocycles. The molecule has 0 aromatic heterocycles. The zero-order valence-electron chi connectivity index (χ0n) is 18.5. The SMILES string of the molecule is N#Cc1ccccc1COc1c(Br)cc(/C=C2\SC(=O)N(CCOc3ccc(F)cc3)C2=O)cc1Br. The molecule has 0 radical (unpaired) electrons. The topological polar surface area (TPSA) is 79.6 Å². The average Bonchev–Trinajstić information content (AvgIpc) is 3.12. The number of hydrogen-bond acceptors (Lipinski definition) is 6. The molecule has 0 bridgehead atoms. The van der Waals surface area contributed by atoms with Crippen LogP contribution in [0.25, 0.3) is 6.08 Å². The molecule has 10 heteroatoms. The van der Waals surface area contributed by atoms with Gasteiger partial charge in [0.05, 0.1) is 32.0 Å². The molecule has 3 aromatic rings. The lowest BCUT2D eigenvalue weighted by Gasteiger charge is -2.13. The van der Waals surface area contributed by atoms with Crippen LogP contribution in [-0.4, -0.2) is 29.2 Å². The molecule has 0 atom stereocenters. The Morgan fingerprint density at radius 1 is 1.03 bits per heavy atom. The number of halogens is 3. The lowest BCUT2D eigenvalue weighted by Crippen LogP contribution is -2.32. The number of amides is 2. The summed E-state index contributed by atoms with van der Waals surface area (Å²) >= 11 is 7.85. The zero-order chi connectivity index (χ0) is 25.7. The maximum atomic E-state index is 13.0. The Morgan fingerprint density at radius 3 is 2.42 bits per heavy atom. The van der Waals surface area contributed by atoms with Crippen molar-refractivity contribution in [2.75, 3.05) is 13.2 Å². The average molecular weight is 632 g/mol. The van der Waals surface area contributed by atoms with Crippen molar-refractivity contribution in [3.8, 4) is 17.6 Å². The van der Waals surface area contributed by atoms with Crippen LogP contribution in [0, 0.1) is 17.1 Å². The summed E-state index contributed by atoms with van der Waals surface area (Å²) in [7, 11) is 0. The van der Waals surface area contributed by atoms with E-state index >= 15 is 0 Å². The van der Waals surface area contributed by atoms with E-state index in [1.165, 1.54) is 24.3 Å². The number of carbonyl (C=O) groups is 2. The second-order valence-corrected chi connectivity index (χ2v) is 10.2. The largest absolute Gasteiger partial charge is 0.492 e. The monoisotopic (exact) mass is 630 g/mol. The number of benzene rings is 3. The Morgan fingerprint density at radius 2 is 1.72 bits per heavy atom. The van der Waals surface area contributed by atoms with Crippen molar-refractivity contribution in [2.24, 2.45) is 0 Å². The van der Waals surface area contributed by atoms with Gasteiger partial charge in [-0.1, -0.05) is 18.2 Å². The minimum atomic E-state index is -0.409. The van der Waals surface area contributed by atoms with Crippen molar-refractivity contribution in [2.45, 2.75) is 6.61 Å². The molecule has 0 saturated carbocycles. The Bertz CT molecular complexity index is 1370. The van der Waals surface area contributed by atoms with Gasteiger partial charge in [0.1, 0.15) is 30.5 Å². The lowest BCUT2D eigenvalue weighted by molar-refractivity contribution is -0.123. The van der Waals surface area contributed by atoms with Crippen LogP contribution >= 0.6 is 43.6 Å². The molecular formula is C26H17Br2FN2O4S. The molecule has 1 saturated heterocycles. The van der Waals surface area contributed by atoms with E-state index in [0.717, 1.165) is 22.2 Å². The fourth-order valence-electron chi connectivity index (χ4n) is 3.34. The van der Waals surface area contributed by atoms with Gasteiger partial charge in [0, 0.05) is 5.56 Å². The van der Waals surface area contributed by atoms with Gasteiger partial charge in [-0.05, 0) is 97.7 Å². The molecular weight excluding hydrogens is 615 g/mol. The first-order chi connectivity index (χ1) is 17.4. The molecule has 2 amide bonds. The molecule has 0 N–H and O–H groups in total. The second-order valence-electron chi connectivity index (χ2n) is 7.51. The molecule has 1 aliphatic rings. The van der Waals surface area contributed by atoms with E-state index in [1.54, 1.807) is 30.3 Å². The molecule has 36 heavy (non-hydrogen) atoms. The highest BCUT2D eigenvalue weighted by Crippen LogP contribution is 2.38. The van der Waals surface area contributed by atoms with Crippen LogP contribution < -0.4 is 9.47 Å². The first-order valence-electron chi connectivity index (χ1n) is 10.6. The van der Waals surface area contributed by atoms with Crippen molar-refractivity contribution in [3.05, 3.63) is 97.0 Å². The maximum absolute atomic E-state index is 13.0. The molecule has 1 heterocycles. The minimum Gasteiger partial charge on any atom is -0.492 e. The highest BCUT2D eigenvalue weighted by molar-refractivity contribution is 9.11. The van der Waals surface area contributed by atoms with E-state index in [9.17, 15) is 19.2 Å². The second kappa shape index (κ2) is 11.7. The van der Waals surface area contributed by atoms with Gasteiger partial charge in [-0.25, -0.2) is 4.39 Å². The van der Waals surface area contributed by atoms with Crippen molar-refractivity contribution in [1.29, 1.82) is 5.26 Å². The maximum Gasteiger partial charge on any atom is 0.293 e. The van der Waals surface area contributed by atoms with Crippen molar-refractivity contribution >= 4 is 60.8 Å². The fourth-order valence-corrected chi connectivity index (χ4v) is 5.65. The Labute approximate surface area is 227 Å². The van der Waals surface area contributed by atoms with Crippen LogP contribution in [0.3, 0.4) is 0 Å².